The molecule has 0 radical (unpaired) electrons. The topological polar surface area (TPSA) is 103 Å². The molecule has 3 aromatic rings. The van der Waals surface area contributed by atoms with E-state index >= 15 is 0 Å². The molecule has 0 spiro atoms. The highest BCUT2D eigenvalue weighted by molar-refractivity contribution is 5.79. The molecule has 0 aliphatic rings. The Morgan fingerprint density at radius 3 is 2.20 bits per heavy atom. The highest BCUT2D eigenvalue weighted by Crippen LogP contribution is 2.37. The fraction of sp³-hybridized carbons (Fsp3) is 0.176. The molecular weight excluding hydrogens is 324 g/mol. The lowest BCUT2D eigenvalue weighted by Crippen LogP contribution is -1.95. The van der Waals surface area contributed by atoms with E-state index in [1.165, 1.54) is 12.1 Å². The van der Waals surface area contributed by atoms with E-state index in [-0.39, 0.29) is 5.69 Å². The summed E-state index contributed by atoms with van der Waals surface area (Å²) in [6.45, 7) is 1.91. The zero-order chi connectivity index (χ0) is 18.0. The van der Waals surface area contributed by atoms with Crippen molar-refractivity contribution < 1.29 is 14.4 Å². The van der Waals surface area contributed by atoms with E-state index in [0.717, 1.165) is 16.7 Å². The molecular formula is C17H16N4O4. The van der Waals surface area contributed by atoms with Crippen LogP contribution in [0.3, 0.4) is 0 Å². The summed E-state index contributed by atoms with van der Waals surface area (Å²) in [7, 11) is 3.16. The minimum atomic E-state index is -0.439. The Morgan fingerprint density at radius 1 is 1.00 bits per heavy atom. The number of H-pyrrole nitrogens is 1. The van der Waals surface area contributed by atoms with E-state index in [2.05, 4.69) is 15.4 Å². The molecule has 1 aromatic heterocycles. The molecule has 2 aromatic carbocycles. The zero-order valence-electron chi connectivity index (χ0n) is 13.9. The van der Waals surface area contributed by atoms with Gasteiger partial charge in [0.15, 0.2) is 11.5 Å². The van der Waals surface area contributed by atoms with Gasteiger partial charge in [-0.05, 0) is 36.8 Å². The average Bonchev–Trinajstić information content (AvgIpc) is 3.10. The van der Waals surface area contributed by atoms with Crippen molar-refractivity contribution in [2.45, 2.75) is 6.92 Å². The van der Waals surface area contributed by atoms with Crippen LogP contribution in [0, 0.1) is 17.0 Å². The molecule has 0 bridgehead atoms. The number of ether oxygens (including phenoxy) is 2. The Morgan fingerprint density at radius 2 is 1.64 bits per heavy atom. The van der Waals surface area contributed by atoms with Crippen molar-refractivity contribution in [2.75, 3.05) is 14.2 Å². The number of benzene rings is 2. The minimum Gasteiger partial charge on any atom is -0.493 e. The second-order valence-electron chi connectivity index (χ2n) is 5.35. The Balaban J connectivity index is 2.08. The number of aromatic amines is 1. The normalized spacial score (nSPS) is 10.5. The van der Waals surface area contributed by atoms with Gasteiger partial charge < -0.3 is 9.47 Å². The maximum atomic E-state index is 10.8. The van der Waals surface area contributed by atoms with Crippen molar-refractivity contribution in [1.82, 2.24) is 15.4 Å². The summed E-state index contributed by atoms with van der Waals surface area (Å²) in [5.74, 6) is 1.25. The Hall–Kier alpha value is -3.42. The van der Waals surface area contributed by atoms with Crippen molar-refractivity contribution in [1.29, 1.82) is 0 Å². The summed E-state index contributed by atoms with van der Waals surface area (Å²) in [5, 5.41) is 21.8. The number of hydrogen-bond donors (Lipinski definition) is 1. The molecule has 0 aliphatic heterocycles. The average molecular weight is 340 g/mol. The van der Waals surface area contributed by atoms with Gasteiger partial charge in [-0.3, -0.25) is 10.1 Å². The van der Waals surface area contributed by atoms with Gasteiger partial charge in [-0.15, -0.1) is 0 Å². The van der Waals surface area contributed by atoms with Gasteiger partial charge in [0, 0.05) is 23.3 Å². The van der Waals surface area contributed by atoms with E-state index in [0.29, 0.717) is 22.9 Å². The highest BCUT2D eigenvalue weighted by Gasteiger charge is 2.17. The predicted molar refractivity (Wildman–Crippen MR) is 91.8 cm³/mol. The van der Waals surface area contributed by atoms with E-state index in [9.17, 15) is 10.1 Å². The van der Waals surface area contributed by atoms with Crippen molar-refractivity contribution in [3.63, 3.8) is 0 Å². The van der Waals surface area contributed by atoms with Crippen molar-refractivity contribution >= 4 is 5.69 Å². The van der Waals surface area contributed by atoms with Crippen molar-refractivity contribution in [3.05, 3.63) is 52.1 Å². The number of nitro groups is 1. The van der Waals surface area contributed by atoms with E-state index in [1.807, 2.05) is 19.1 Å². The number of methoxy groups -OCH3 is 2. The van der Waals surface area contributed by atoms with Gasteiger partial charge >= 0.3 is 0 Å². The molecule has 0 saturated carbocycles. The van der Waals surface area contributed by atoms with Crippen LogP contribution in [0.2, 0.25) is 0 Å². The van der Waals surface area contributed by atoms with Gasteiger partial charge in [0.05, 0.1) is 19.1 Å². The highest BCUT2D eigenvalue weighted by atomic mass is 16.6. The van der Waals surface area contributed by atoms with Crippen LogP contribution in [0.1, 0.15) is 5.56 Å². The SMILES string of the molecule is COc1cc(-c2n[nH]nc2-c2ccc([N+](=O)[O-])cc2)cc(C)c1OC. The first-order valence-electron chi connectivity index (χ1n) is 7.43. The van der Waals surface area contributed by atoms with Crippen LogP contribution in [0.15, 0.2) is 36.4 Å². The number of rotatable bonds is 5. The molecule has 8 heteroatoms. The summed E-state index contributed by atoms with van der Waals surface area (Å²) < 4.78 is 10.7. The Labute approximate surface area is 143 Å². The first-order chi connectivity index (χ1) is 12.0. The summed E-state index contributed by atoms with van der Waals surface area (Å²) in [4.78, 5) is 10.4. The third kappa shape index (κ3) is 3.01. The number of aromatic nitrogens is 3. The molecule has 0 saturated heterocycles. The standard InChI is InChI=1S/C17H16N4O4/c1-10-8-12(9-14(24-2)17(10)25-3)16-15(18-20-19-16)11-4-6-13(7-5-11)21(22)23/h4-9H,1-3H3,(H,18,19,20). The van der Waals surface area contributed by atoms with Gasteiger partial charge in [-0.1, -0.05) is 0 Å². The van der Waals surface area contributed by atoms with Gasteiger partial charge in [0.2, 0.25) is 0 Å². The van der Waals surface area contributed by atoms with Crippen LogP contribution in [-0.4, -0.2) is 34.6 Å². The molecule has 8 nitrogen and oxygen atoms in total. The van der Waals surface area contributed by atoms with Gasteiger partial charge in [0.25, 0.3) is 5.69 Å². The lowest BCUT2D eigenvalue weighted by Gasteiger charge is -2.12. The second kappa shape index (κ2) is 6.60. The molecule has 1 N–H and O–H groups in total. The van der Waals surface area contributed by atoms with Crippen LogP contribution in [-0.2, 0) is 0 Å². The van der Waals surface area contributed by atoms with Gasteiger partial charge in [-0.2, -0.15) is 15.4 Å². The van der Waals surface area contributed by atoms with Crippen molar-refractivity contribution in [2.24, 2.45) is 0 Å². The second-order valence-corrected chi connectivity index (χ2v) is 5.35. The van der Waals surface area contributed by atoms with E-state index < -0.39 is 4.92 Å². The first-order valence-corrected chi connectivity index (χ1v) is 7.43. The number of nitrogens with one attached hydrogen (secondary N) is 1. The fourth-order valence-electron chi connectivity index (χ4n) is 2.67. The Bertz CT molecular complexity index is 919. The molecule has 0 amide bonds. The summed E-state index contributed by atoms with van der Waals surface area (Å²) in [5.41, 5.74) is 3.67. The van der Waals surface area contributed by atoms with Gasteiger partial charge in [-0.25, -0.2) is 0 Å². The third-order valence-electron chi connectivity index (χ3n) is 3.84. The molecule has 3 rings (SSSR count). The van der Waals surface area contributed by atoms with Crippen LogP contribution in [0.4, 0.5) is 5.69 Å². The maximum absolute atomic E-state index is 10.8. The summed E-state index contributed by atoms with van der Waals surface area (Å²) >= 11 is 0. The van der Waals surface area contributed by atoms with Gasteiger partial charge in [0.1, 0.15) is 11.4 Å². The van der Waals surface area contributed by atoms with Crippen LogP contribution >= 0.6 is 0 Å². The number of nitrogens with zero attached hydrogens (tertiary/aromatic N) is 3. The molecule has 25 heavy (non-hydrogen) atoms. The summed E-state index contributed by atoms with van der Waals surface area (Å²) in [6.07, 6.45) is 0. The minimum absolute atomic E-state index is 0.0238. The molecule has 0 atom stereocenters. The number of non-ortho nitro benzene ring substituents is 1. The Kier molecular flexibility index (Phi) is 4.34. The van der Waals surface area contributed by atoms with Crippen LogP contribution in [0.25, 0.3) is 22.5 Å². The number of aryl methyl sites for hydroxylation is 1. The molecule has 1 heterocycles. The molecule has 0 fully saturated rings. The predicted octanol–water partition coefficient (Wildman–Crippen LogP) is 3.37. The third-order valence-corrected chi connectivity index (χ3v) is 3.84. The van der Waals surface area contributed by atoms with Crippen molar-refractivity contribution in [3.8, 4) is 34.0 Å². The number of hydrogen-bond acceptors (Lipinski definition) is 6. The maximum Gasteiger partial charge on any atom is 0.269 e. The smallest absolute Gasteiger partial charge is 0.269 e. The first kappa shape index (κ1) is 16.4. The van der Waals surface area contributed by atoms with Crippen LogP contribution < -0.4 is 9.47 Å². The zero-order valence-corrected chi connectivity index (χ0v) is 13.9. The van der Waals surface area contributed by atoms with E-state index in [1.54, 1.807) is 26.4 Å². The molecule has 128 valence electrons. The summed E-state index contributed by atoms with van der Waals surface area (Å²) in [6, 6.07) is 9.91. The lowest BCUT2D eigenvalue weighted by molar-refractivity contribution is -0.384. The fourth-order valence-corrected chi connectivity index (χ4v) is 2.67. The largest absolute Gasteiger partial charge is 0.493 e. The molecule has 0 aliphatic carbocycles. The molecule has 0 unspecified atom stereocenters. The monoisotopic (exact) mass is 340 g/mol. The number of nitro benzene ring substituents is 1. The quantitative estimate of drug-likeness (QED) is 0.564. The van der Waals surface area contributed by atoms with Crippen LogP contribution in [0.5, 0.6) is 11.5 Å². The lowest BCUT2D eigenvalue weighted by atomic mass is 10.0. The van der Waals surface area contributed by atoms with E-state index in [4.69, 9.17) is 9.47 Å².